The Morgan fingerprint density at radius 3 is 1.31 bits per heavy atom. The Bertz CT molecular complexity index is 92.6. The second-order valence-corrected chi connectivity index (χ2v) is 4.79. The molecule has 0 N–H and O–H groups in total. The van der Waals surface area contributed by atoms with Crippen LogP contribution in [-0.2, 0) is 0 Å². The molecule has 0 nitrogen and oxygen atoms in total. The third kappa shape index (κ3) is 19.3. The van der Waals surface area contributed by atoms with Crippen LogP contribution in [0.15, 0.2) is 13.2 Å². The van der Waals surface area contributed by atoms with E-state index < -0.39 is 0 Å². The summed E-state index contributed by atoms with van der Waals surface area (Å²) in [5.41, 5.74) is 0.663. The second-order valence-electron chi connectivity index (χ2n) is 4.79. The van der Waals surface area contributed by atoms with E-state index in [0.29, 0.717) is 5.41 Å². The lowest BCUT2D eigenvalue weighted by Gasteiger charge is -2.21. The Hall–Kier alpha value is -0.260. The van der Waals surface area contributed by atoms with Crippen molar-refractivity contribution >= 4 is 0 Å². The molecule has 0 spiro atoms. The number of hydrogen-bond donors (Lipinski definition) is 0. The summed E-state index contributed by atoms with van der Waals surface area (Å²) in [6, 6.07) is 0. The van der Waals surface area contributed by atoms with E-state index in [1.54, 1.807) is 0 Å². The fourth-order valence-corrected chi connectivity index (χ4v) is 1.69. The largest absolute Gasteiger partial charge is 0.106 e. The zero-order valence-electron chi connectivity index (χ0n) is 12.9. The molecular weight excluding hydrogens is 192 g/mol. The van der Waals surface area contributed by atoms with Crippen molar-refractivity contribution in [2.45, 2.75) is 86.5 Å². The molecule has 0 unspecified atom stereocenters. The van der Waals surface area contributed by atoms with Crippen LogP contribution < -0.4 is 0 Å². The number of rotatable bonds is 0. The number of hydrogen-bond acceptors (Lipinski definition) is 0. The molecule has 0 heteroatoms. The lowest BCUT2D eigenvalue weighted by molar-refractivity contribution is 0.314. The van der Waals surface area contributed by atoms with Crippen LogP contribution in [0.4, 0.5) is 0 Å². The highest BCUT2D eigenvalue weighted by molar-refractivity contribution is 4.71. The Morgan fingerprint density at radius 2 is 1.06 bits per heavy atom. The van der Waals surface area contributed by atoms with Crippen molar-refractivity contribution in [2.75, 3.05) is 0 Å². The summed E-state index contributed by atoms with van der Waals surface area (Å²) in [6.45, 7) is 19.1. The summed E-state index contributed by atoms with van der Waals surface area (Å²) in [7, 11) is 0. The van der Waals surface area contributed by atoms with Crippen molar-refractivity contribution in [3.8, 4) is 0 Å². The summed E-state index contributed by atoms with van der Waals surface area (Å²) >= 11 is 0. The van der Waals surface area contributed by atoms with E-state index >= 15 is 0 Å². The first-order valence-corrected chi connectivity index (χ1v) is 7.12. The standard InChI is InChI=1S/C9H18.C3H8.C2H6.C2H4/c1-9(2)7-5-3-4-6-8-9;1-3-2;2*1-2/h3-8H2,1-2H3;3H2,1-2H3;1-2H3;1-2H2. The van der Waals surface area contributed by atoms with Crippen LogP contribution in [-0.4, -0.2) is 0 Å². The van der Waals surface area contributed by atoms with Crippen molar-refractivity contribution in [3.63, 3.8) is 0 Å². The summed E-state index contributed by atoms with van der Waals surface area (Å²) in [5, 5.41) is 0. The quantitative estimate of drug-likeness (QED) is 0.323. The third-order valence-electron chi connectivity index (χ3n) is 2.46. The minimum atomic E-state index is 0.663. The van der Waals surface area contributed by atoms with Crippen LogP contribution in [0.5, 0.6) is 0 Å². The molecule has 1 fully saturated rings. The van der Waals surface area contributed by atoms with Gasteiger partial charge < -0.3 is 0 Å². The van der Waals surface area contributed by atoms with E-state index in [2.05, 4.69) is 40.9 Å². The molecule has 0 radical (unpaired) electrons. The van der Waals surface area contributed by atoms with Gasteiger partial charge in [-0.2, -0.15) is 0 Å². The van der Waals surface area contributed by atoms with Crippen molar-refractivity contribution in [1.29, 1.82) is 0 Å². The predicted molar refractivity (Wildman–Crippen MR) is 80.1 cm³/mol. The van der Waals surface area contributed by atoms with Crippen LogP contribution in [0.25, 0.3) is 0 Å². The van der Waals surface area contributed by atoms with Crippen molar-refractivity contribution in [1.82, 2.24) is 0 Å². The third-order valence-corrected chi connectivity index (χ3v) is 2.46. The lowest BCUT2D eigenvalue weighted by atomic mass is 9.85. The molecule has 0 saturated heterocycles. The van der Waals surface area contributed by atoms with Gasteiger partial charge in [0.05, 0.1) is 0 Å². The molecule has 1 aliphatic carbocycles. The predicted octanol–water partition coefficient (Wildman–Crippen LogP) is 6.61. The molecule has 0 aromatic heterocycles. The van der Waals surface area contributed by atoms with Gasteiger partial charge in [-0.3, -0.25) is 0 Å². The van der Waals surface area contributed by atoms with E-state index in [9.17, 15) is 0 Å². The van der Waals surface area contributed by atoms with Gasteiger partial charge in [0.1, 0.15) is 0 Å². The molecule has 1 saturated carbocycles. The maximum Gasteiger partial charge on any atom is -0.0354 e. The Morgan fingerprint density at radius 1 is 0.812 bits per heavy atom. The molecule has 0 aromatic rings. The summed E-state index contributed by atoms with van der Waals surface area (Å²) in [5.74, 6) is 0. The maximum absolute atomic E-state index is 3.00. The summed E-state index contributed by atoms with van der Waals surface area (Å²) in [4.78, 5) is 0. The molecule has 100 valence electrons. The smallest absolute Gasteiger partial charge is 0.0354 e. The minimum Gasteiger partial charge on any atom is -0.106 e. The van der Waals surface area contributed by atoms with Gasteiger partial charge >= 0.3 is 0 Å². The van der Waals surface area contributed by atoms with Gasteiger partial charge in [0.2, 0.25) is 0 Å². The van der Waals surface area contributed by atoms with Crippen molar-refractivity contribution in [3.05, 3.63) is 13.2 Å². The average molecular weight is 228 g/mol. The molecule has 0 bridgehead atoms. The van der Waals surface area contributed by atoms with Crippen LogP contribution in [0.3, 0.4) is 0 Å². The topological polar surface area (TPSA) is 0 Å². The van der Waals surface area contributed by atoms with Crippen LogP contribution >= 0.6 is 0 Å². The highest BCUT2D eigenvalue weighted by atomic mass is 14.2. The first-order chi connectivity index (χ1) is 7.62. The van der Waals surface area contributed by atoms with Gasteiger partial charge in [0.15, 0.2) is 0 Å². The first kappa shape index (κ1) is 21.1. The fraction of sp³-hybridized carbons (Fsp3) is 0.875. The van der Waals surface area contributed by atoms with Gasteiger partial charge in [-0.05, 0) is 18.3 Å². The highest BCUT2D eigenvalue weighted by Crippen LogP contribution is 2.33. The van der Waals surface area contributed by atoms with E-state index in [1.807, 2.05) is 13.8 Å². The molecule has 0 amide bonds. The van der Waals surface area contributed by atoms with E-state index in [1.165, 1.54) is 44.9 Å². The zero-order valence-corrected chi connectivity index (χ0v) is 12.9. The summed E-state index contributed by atoms with van der Waals surface area (Å²) < 4.78 is 0. The molecule has 0 aromatic carbocycles. The Kier molecular flexibility index (Phi) is 22.6. The monoisotopic (exact) mass is 228 g/mol. The first-order valence-electron chi connectivity index (χ1n) is 7.12. The van der Waals surface area contributed by atoms with Gasteiger partial charge in [-0.15, -0.1) is 13.2 Å². The zero-order chi connectivity index (χ0) is 13.4. The molecule has 0 heterocycles. The Labute approximate surface area is 106 Å². The second kappa shape index (κ2) is 17.1. The molecule has 0 atom stereocenters. The maximum atomic E-state index is 3.00. The molecule has 16 heavy (non-hydrogen) atoms. The van der Waals surface area contributed by atoms with E-state index in [-0.39, 0.29) is 0 Å². The van der Waals surface area contributed by atoms with Gasteiger partial charge in [0.25, 0.3) is 0 Å². The molecular formula is C16H36. The van der Waals surface area contributed by atoms with Gasteiger partial charge in [0, 0.05) is 0 Å². The van der Waals surface area contributed by atoms with Crippen LogP contribution in [0, 0.1) is 5.41 Å². The molecule has 1 aliphatic rings. The van der Waals surface area contributed by atoms with Crippen molar-refractivity contribution < 1.29 is 0 Å². The van der Waals surface area contributed by atoms with Gasteiger partial charge in [-0.25, -0.2) is 0 Å². The van der Waals surface area contributed by atoms with E-state index in [4.69, 9.17) is 0 Å². The van der Waals surface area contributed by atoms with Crippen LogP contribution in [0.1, 0.15) is 86.5 Å². The van der Waals surface area contributed by atoms with Gasteiger partial charge in [-0.1, -0.05) is 73.6 Å². The van der Waals surface area contributed by atoms with E-state index in [0.717, 1.165) is 0 Å². The Balaban J connectivity index is -0.000000206. The molecule has 1 rings (SSSR count). The average Bonchev–Trinajstić information content (AvgIpc) is 2.49. The van der Waals surface area contributed by atoms with Crippen LogP contribution in [0.2, 0.25) is 0 Å². The van der Waals surface area contributed by atoms with Crippen molar-refractivity contribution in [2.24, 2.45) is 5.41 Å². The normalized spacial score (nSPS) is 17.1. The minimum absolute atomic E-state index is 0.663. The fourth-order valence-electron chi connectivity index (χ4n) is 1.69. The molecule has 0 aliphatic heterocycles. The summed E-state index contributed by atoms with van der Waals surface area (Å²) in [6.07, 6.45) is 10.0. The lowest BCUT2D eigenvalue weighted by Crippen LogP contribution is -2.08. The highest BCUT2D eigenvalue weighted by Gasteiger charge is 2.18. The SMILES string of the molecule is C=C.CC.CC1(C)CCCCCC1.CCC.